The highest BCUT2D eigenvalue weighted by molar-refractivity contribution is 7.89. The van der Waals surface area contributed by atoms with Crippen LogP contribution in [0.5, 0.6) is 0 Å². The molecule has 0 amide bonds. The van der Waals surface area contributed by atoms with Crippen molar-refractivity contribution in [3.63, 3.8) is 0 Å². The number of sulfonamides is 1. The molecule has 2 rings (SSSR count). The minimum absolute atomic E-state index is 0. The van der Waals surface area contributed by atoms with Crippen LogP contribution in [0, 0.1) is 0 Å². The molecule has 2 aromatic carbocycles. The van der Waals surface area contributed by atoms with Crippen LogP contribution in [0.2, 0.25) is 10.0 Å². The summed E-state index contributed by atoms with van der Waals surface area (Å²) in [5.74, 6) is 0. The van der Waals surface area contributed by atoms with E-state index in [-0.39, 0.29) is 28.9 Å². The SMILES string of the molecule is CN(C)CCN(Cc1ccccc1)S(=O)(=O)c1cc(Cl)ccc1Cl.Cl. The predicted molar refractivity (Wildman–Crippen MR) is 106 cm³/mol. The van der Waals surface area contributed by atoms with E-state index in [2.05, 4.69) is 0 Å². The fourth-order valence-electron chi connectivity index (χ4n) is 2.20. The Bertz CT molecular complexity index is 784. The maximum Gasteiger partial charge on any atom is 0.244 e. The van der Waals surface area contributed by atoms with Gasteiger partial charge in [-0.15, -0.1) is 12.4 Å². The number of hydrogen-bond donors (Lipinski definition) is 0. The Morgan fingerprint density at radius 2 is 1.60 bits per heavy atom. The van der Waals surface area contributed by atoms with E-state index in [4.69, 9.17) is 23.2 Å². The Kier molecular flexibility index (Phi) is 8.68. The van der Waals surface area contributed by atoms with Crippen LogP contribution in [0.25, 0.3) is 0 Å². The van der Waals surface area contributed by atoms with Crippen molar-refractivity contribution in [2.75, 3.05) is 27.2 Å². The lowest BCUT2D eigenvalue weighted by Crippen LogP contribution is -2.36. The van der Waals surface area contributed by atoms with Crippen LogP contribution in [0.15, 0.2) is 53.4 Å². The summed E-state index contributed by atoms with van der Waals surface area (Å²) < 4.78 is 27.6. The highest BCUT2D eigenvalue weighted by atomic mass is 35.5. The van der Waals surface area contributed by atoms with Gasteiger partial charge in [0.15, 0.2) is 0 Å². The summed E-state index contributed by atoms with van der Waals surface area (Å²) in [5, 5.41) is 0.507. The summed E-state index contributed by atoms with van der Waals surface area (Å²) in [5.41, 5.74) is 0.915. The highest BCUT2D eigenvalue weighted by Gasteiger charge is 2.27. The van der Waals surface area contributed by atoms with E-state index in [0.717, 1.165) is 5.56 Å². The van der Waals surface area contributed by atoms with Crippen molar-refractivity contribution in [3.8, 4) is 0 Å². The second-order valence-corrected chi connectivity index (χ2v) is 8.45. The molecule has 0 heterocycles. The monoisotopic (exact) mass is 422 g/mol. The van der Waals surface area contributed by atoms with Crippen LogP contribution in [0.3, 0.4) is 0 Å². The molecule has 4 nitrogen and oxygen atoms in total. The van der Waals surface area contributed by atoms with Crippen molar-refractivity contribution in [3.05, 3.63) is 64.1 Å². The average Bonchev–Trinajstić information content (AvgIpc) is 2.54. The summed E-state index contributed by atoms with van der Waals surface area (Å²) in [4.78, 5) is 1.97. The number of benzene rings is 2. The van der Waals surface area contributed by atoms with Gasteiger partial charge >= 0.3 is 0 Å². The lowest BCUT2D eigenvalue weighted by atomic mass is 10.2. The molecule has 0 aromatic heterocycles. The zero-order valence-electron chi connectivity index (χ0n) is 14.0. The van der Waals surface area contributed by atoms with Gasteiger partial charge in [-0.25, -0.2) is 8.42 Å². The lowest BCUT2D eigenvalue weighted by molar-refractivity contribution is 0.329. The largest absolute Gasteiger partial charge is 0.308 e. The minimum atomic E-state index is -3.76. The van der Waals surface area contributed by atoms with Gasteiger partial charge in [0.25, 0.3) is 0 Å². The van der Waals surface area contributed by atoms with Crippen LogP contribution >= 0.6 is 35.6 Å². The van der Waals surface area contributed by atoms with Gasteiger partial charge in [-0.2, -0.15) is 4.31 Å². The van der Waals surface area contributed by atoms with E-state index in [1.807, 2.05) is 49.3 Å². The number of likely N-dealkylation sites (N-methyl/N-ethyl adjacent to an activating group) is 1. The zero-order chi connectivity index (χ0) is 17.7. The maximum absolute atomic E-state index is 13.1. The fourth-order valence-corrected chi connectivity index (χ4v) is 4.35. The first-order valence-electron chi connectivity index (χ1n) is 7.44. The molecular weight excluding hydrogens is 403 g/mol. The molecule has 0 saturated heterocycles. The van der Waals surface area contributed by atoms with E-state index in [1.165, 1.54) is 16.4 Å². The van der Waals surface area contributed by atoms with Gasteiger partial charge in [-0.05, 0) is 37.9 Å². The third-order valence-corrected chi connectivity index (χ3v) is 6.07. The average molecular weight is 424 g/mol. The number of rotatable bonds is 7. The second-order valence-electron chi connectivity index (χ2n) is 5.70. The number of halogens is 3. The van der Waals surface area contributed by atoms with E-state index < -0.39 is 10.0 Å². The molecule has 0 radical (unpaired) electrons. The van der Waals surface area contributed by atoms with Crippen molar-refractivity contribution >= 4 is 45.6 Å². The Hall–Kier alpha value is -0.820. The quantitative estimate of drug-likeness (QED) is 0.671. The molecule has 0 N–H and O–H groups in total. The molecule has 0 spiro atoms. The molecule has 0 atom stereocenters. The van der Waals surface area contributed by atoms with E-state index in [0.29, 0.717) is 18.1 Å². The van der Waals surface area contributed by atoms with Crippen molar-refractivity contribution in [1.82, 2.24) is 9.21 Å². The minimum Gasteiger partial charge on any atom is -0.308 e. The molecule has 138 valence electrons. The fraction of sp³-hybridized carbons (Fsp3) is 0.294. The van der Waals surface area contributed by atoms with Gasteiger partial charge in [0.2, 0.25) is 10.0 Å². The molecule has 0 aliphatic rings. The summed E-state index contributed by atoms with van der Waals surface area (Å²) >= 11 is 12.1. The maximum atomic E-state index is 13.1. The van der Waals surface area contributed by atoms with Crippen molar-refractivity contribution in [1.29, 1.82) is 0 Å². The van der Waals surface area contributed by atoms with Crippen molar-refractivity contribution in [2.24, 2.45) is 0 Å². The third-order valence-electron chi connectivity index (χ3n) is 3.51. The van der Waals surface area contributed by atoms with Gasteiger partial charge in [-0.3, -0.25) is 0 Å². The molecule has 0 fully saturated rings. The zero-order valence-corrected chi connectivity index (χ0v) is 17.2. The van der Waals surface area contributed by atoms with Crippen LogP contribution in [0.4, 0.5) is 0 Å². The molecule has 0 aliphatic carbocycles. The van der Waals surface area contributed by atoms with E-state index in [1.54, 1.807) is 6.07 Å². The van der Waals surface area contributed by atoms with Gasteiger partial charge in [0.05, 0.1) is 5.02 Å². The molecule has 2 aromatic rings. The lowest BCUT2D eigenvalue weighted by Gasteiger charge is -2.24. The molecule has 8 heteroatoms. The summed E-state index contributed by atoms with van der Waals surface area (Å²) in [7, 11) is 0.0471. The van der Waals surface area contributed by atoms with E-state index in [9.17, 15) is 8.42 Å². The van der Waals surface area contributed by atoms with Crippen molar-refractivity contribution in [2.45, 2.75) is 11.4 Å². The molecular formula is C17H21Cl3N2O2S. The number of hydrogen-bond acceptors (Lipinski definition) is 3. The van der Waals surface area contributed by atoms with Crippen LogP contribution < -0.4 is 0 Å². The Balaban J connectivity index is 0.00000312. The molecule has 0 aliphatic heterocycles. The Morgan fingerprint density at radius 3 is 2.20 bits per heavy atom. The van der Waals surface area contributed by atoms with E-state index >= 15 is 0 Å². The molecule has 0 bridgehead atoms. The van der Waals surface area contributed by atoms with Gasteiger partial charge < -0.3 is 4.90 Å². The predicted octanol–water partition coefficient (Wildman–Crippen LogP) is 4.17. The topological polar surface area (TPSA) is 40.6 Å². The first-order chi connectivity index (χ1) is 11.3. The van der Waals surface area contributed by atoms with Crippen LogP contribution in [0.1, 0.15) is 5.56 Å². The molecule has 0 saturated carbocycles. The van der Waals surface area contributed by atoms with Crippen molar-refractivity contribution < 1.29 is 8.42 Å². The standard InChI is InChI=1S/C17H20Cl2N2O2S.ClH/c1-20(2)10-11-21(13-14-6-4-3-5-7-14)24(22,23)17-12-15(18)8-9-16(17)19;/h3-9,12H,10-11,13H2,1-2H3;1H. The first kappa shape index (κ1) is 22.2. The Morgan fingerprint density at radius 1 is 0.960 bits per heavy atom. The number of nitrogens with zero attached hydrogens (tertiary/aromatic N) is 2. The molecule has 0 unspecified atom stereocenters. The van der Waals surface area contributed by atoms with Gasteiger partial charge in [0, 0.05) is 24.7 Å². The van der Waals surface area contributed by atoms with Gasteiger partial charge in [-0.1, -0.05) is 53.5 Å². The smallest absolute Gasteiger partial charge is 0.244 e. The van der Waals surface area contributed by atoms with Crippen LogP contribution in [-0.2, 0) is 16.6 Å². The normalized spacial score (nSPS) is 11.6. The first-order valence-corrected chi connectivity index (χ1v) is 9.64. The molecule has 25 heavy (non-hydrogen) atoms. The second kappa shape index (κ2) is 9.76. The summed E-state index contributed by atoms with van der Waals surface area (Å²) in [6, 6.07) is 13.9. The summed E-state index contributed by atoms with van der Waals surface area (Å²) in [6.45, 7) is 1.23. The Labute approximate surface area is 165 Å². The highest BCUT2D eigenvalue weighted by Crippen LogP contribution is 2.28. The summed E-state index contributed by atoms with van der Waals surface area (Å²) in [6.07, 6.45) is 0. The van der Waals surface area contributed by atoms with Gasteiger partial charge in [0.1, 0.15) is 4.90 Å². The third kappa shape index (κ3) is 6.13. The van der Waals surface area contributed by atoms with Crippen LogP contribution in [-0.4, -0.2) is 44.8 Å².